The standard InChI is InChI=1S/C14H13N3O2S/c15-11-6-10-12(16-8-17-14(10)18)7-13(11)19-4-3-9-2-1-5-20-9/h1-2,5-8H,3-4,15H2,(H,16,17,18). The second-order valence-corrected chi connectivity index (χ2v) is 5.35. The maximum atomic E-state index is 11.6. The minimum Gasteiger partial charge on any atom is -0.491 e. The fourth-order valence-electron chi connectivity index (χ4n) is 1.95. The van der Waals surface area contributed by atoms with Gasteiger partial charge in [-0.25, -0.2) is 4.98 Å². The van der Waals surface area contributed by atoms with E-state index in [0.29, 0.717) is 28.9 Å². The van der Waals surface area contributed by atoms with Gasteiger partial charge in [-0.15, -0.1) is 11.3 Å². The zero-order valence-electron chi connectivity index (χ0n) is 10.6. The summed E-state index contributed by atoms with van der Waals surface area (Å²) >= 11 is 1.70. The Bertz CT molecular complexity index is 781. The first-order valence-corrected chi connectivity index (χ1v) is 7.04. The summed E-state index contributed by atoms with van der Waals surface area (Å²) in [6.45, 7) is 0.541. The fraction of sp³-hybridized carbons (Fsp3) is 0.143. The molecule has 3 rings (SSSR count). The predicted molar refractivity (Wildman–Crippen MR) is 80.3 cm³/mol. The van der Waals surface area contributed by atoms with E-state index in [9.17, 15) is 4.79 Å². The lowest BCUT2D eigenvalue weighted by atomic mass is 10.2. The monoisotopic (exact) mass is 287 g/mol. The molecule has 3 N–H and O–H groups in total. The highest BCUT2D eigenvalue weighted by Crippen LogP contribution is 2.25. The fourth-order valence-corrected chi connectivity index (χ4v) is 2.64. The summed E-state index contributed by atoms with van der Waals surface area (Å²) in [4.78, 5) is 19.5. The average Bonchev–Trinajstić information content (AvgIpc) is 2.94. The molecule has 2 heterocycles. The molecule has 0 unspecified atom stereocenters. The van der Waals surface area contributed by atoms with Crippen LogP contribution in [0.3, 0.4) is 0 Å². The van der Waals surface area contributed by atoms with Gasteiger partial charge in [0.1, 0.15) is 5.75 Å². The minimum absolute atomic E-state index is 0.202. The van der Waals surface area contributed by atoms with E-state index in [4.69, 9.17) is 10.5 Å². The molecule has 5 nitrogen and oxygen atoms in total. The number of nitrogens with one attached hydrogen (secondary N) is 1. The van der Waals surface area contributed by atoms with Crippen molar-refractivity contribution in [3.63, 3.8) is 0 Å². The number of fused-ring (bicyclic) bond motifs is 1. The van der Waals surface area contributed by atoms with Crippen LogP contribution in [0.2, 0.25) is 0 Å². The lowest BCUT2D eigenvalue weighted by molar-refractivity contribution is 0.325. The molecule has 20 heavy (non-hydrogen) atoms. The van der Waals surface area contributed by atoms with E-state index >= 15 is 0 Å². The molecule has 1 aromatic carbocycles. The molecule has 0 aliphatic heterocycles. The number of rotatable bonds is 4. The van der Waals surface area contributed by atoms with Crippen molar-refractivity contribution in [1.29, 1.82) is 0 Å². The van der Waals surface area contributed by atoms with Crippen LogP contribution in [0, 0.1) is 0 Å². The normalized spacial score (nSPS) is 10.8. The summed E-state index contributed by atoms with van der Waals surface area (Å²) < 4.78 is 5.69. The number of hydrogen-bond donors (Lipinski definition) is 2. The second kappa shape index (κ2) is 5.34. The van der Waals surface area contributed by atoms with Crippen molar-refractivity contribution in [3.8, 4) is 5.75 Å². The zero-order chi connectivity index (χ0) is 13.9. The molecule has 3 aromatic rings. The van der Waals surface area contributed by atoms with Crippen LogP contribution in [-0.4, -0.2) is 16.6 Å². The van der Waals surface area contributed by atoms with Gasteiger partial charge in [0.25, 0.3) is 5.56 Å². The molecule has 0 amide bonds. The molecule has 0 saturated heterocycles. The number of ether oxygens (including phenoxy) is 1. The summed E-state index contributed by atoms with van der Waals surface area (Å²) in [5.41, 5.74) is 6.73. The lowest BCUT2D eigenvalue weighted by Crippen LogP contribution is -2.08. The predicted octanol–water partition coefficient (Wildman–Crippen LogP) is 2.19. The highest BCUT2D eigenvalue weighted by Gasteiger charge is 2.07. The summed E-state index contributed by atoms with van der Waals surface area (Å²) in [5.74, 6) is 0.562. The van der Waals surface area contributed by atoms with Gasteiger partial charge in [0.05, 0.1) is 29.5 Å². The Morgan fingerprint density at radius 3 is 3.10 bits per heavy atom. The molecule has 0 aliphatic rings. The molecule has 6 heteroatoms. The van der Waals surface area contributed by atoms with Crippen molar-refractivity contribution < 1.29 is 4.74 Å². The third-order valence-corrected chi connectivity index (χ3v) is 3.89. The molecular weight excluding hydrogens is 274 g/mol. The Morgan fingerprint density at radius 2 is 2.30 bits per heavy atom. The van der Waals surface area contributed by atoms with Crippen molar-refractivity contribution in [3.05, 3.63) is 51.2 Å². The molecule has 0 aliphatic carbocycles. The van der Waals surface area contributed by atoms with Gasteiger partial charge in [-0.3, -0.25) is 4.79 Å². The Morgan fingerprint density at radius 1 is 1.40 bits per heavy atom. The molecular formula is C14H13N3O2S. The molecule has 0 saturated carbocycles. The Balaban J connectivity index is 1.81. The average molecular weight is 287 g/mol. The maximum absolute atomic E-state index is 11.6. The van der Waals surface area contributed by atoms with Gasteiger partial charge in [0, 0.05) is 17.4 Å². The van der Waals surface area contributed by atoms with Crippen LogP contribution in [0.1, 0.15) is 4.88 Å². The van der Waals surface area contributed by atoms with Crippen molar-refractivity contribution >= 4 is 27.9 Å². The highest BCUT2D eigenvalue weighted by molar-refractivity contribution is 7.09. The molecule has 0 atom stereocenters. The van der Waals surface area contributed by atoms with Crippen LogP contribution >= 0.6 is 11.3 Å². The Labute approximate surface area is 119 Å². The Kier molecular flexibility index (Phi) is 3.39. The van der Waals surface area contributed by atoms with Gasteiger partial charge in [-0.2, -0.15) is 0 Å². The number of nitrogens with two attached hydrogens (primary N) is 1. The summed E-state index contributed by atoms with van der Waals surface area (Å²) in [6.07, 6.45) is 2.20. The molecule has 0 fully saturated rings. The SMILES string of the molecule is Nc1cc2c(=O)[nH]cnc2cc1OCCc1cccs1. The van der Waals surface area contributed by atoms with Crippen LogP contribution in [-0.2, 0) is 6.42 Å². The number of nitrogens with zero attached hydrogens (tertiary/aromatic N) is 1. The minimum atomic E-state index is -0.202. The number of nitrogen functional groups attached to an aromatic ring is 1. The summed E-state index contributed by atoms with van der Waals surface area (Å²) in [5, 5.41) is 2.51. The van der Waals surface area contributed by atoms with Crippen LogP contribution < -0.4 is 16.0 Å². The van der Waals surface area contributed by atoms with E-state index in [-0.39, 0.29) is 5.56 Å². The maximum Gasteiger partial charge on any atom is 0.258 e. The van der Waals surface area contributed by atoms with Crippen molar-refractivity contribution in [2.45, 2.75) is 6.42 Å². The first-order valence-electron chi connectivity index (χ1n) is 6.16. The van der Waals surface area contributed by atoms with E-state index in [1.54, 1.807) is 23.5 Å². The number of thiophene rings is 1. The van der Waals surface area contributed by atoms with E-state index in [2.05, 4.69) is 16.0 Å². The van der Waals surface area contributed by atoms with Crippen LogP contribution in [0.5, 0.6) is 5.75 Å². The largest absolute Gasteiger partial charge is 0.491 e. The Hall–Kier alpha value is -2.34. The number of anilines is 1. The van der Waals surface area contributed by atoms with Crippen LogP contribution in [0.25, 0.3) is 10.9 Å². The lowest BCUT2D eigenvalue weighted by Gasteiger charge is -2.09. The highest BCUT2D eigenvalue weighted by atomic mass is 32.1. The molecule has 2 aromatic heterocycles. The van der Waals surface area contributed by atoms with Gasteiger partial charge in [-0.1, -0.05) is 6.07 Å². The van der Waals surface area contributed by atoms with Gasteiger partial charge >= 0.3 is 0 Å². The number of aromatic nitrogens is 2. The zero-order valence-corrected chi connectivity index (χ0v) is 11.4. The van der Waals surface area contributed by atoms with Gasteiger partial charge in [-0.05, 0) is 17.5 Å². The van der Waals surface area contributed by atoms with Crippen molar-refractivity contribution in [2.75, 3.05) is 12.3 Å². The first kappa shape index (κ1) is 12.7. The van der Waals surface area contributed by atoms with E-state index in [0.717, 1.165) is 6.42 Å². The third-order valence-electron chi connectivity index (χ3n) is 2.96. The van der Waals surface area contributed by atoms with Crippen molar-refractivity contribution in [1.82, 2.24) is 9.97 Å². The number of hydrogen-bond acceptors (Lipinski definition) is 5. The summed E-state index contributed by atoms with van der Waals surface area (Å²) in [7, 11) is 0. The third kappa shape index (κ3) is 2.50. The molecule has 0 bridgehead atoms. The molecule has 0 radical (unpaired) electrons. The second-order valence-electron chi connectivity index (χ2n) is 4.32. The van der Waals surface area contributed by atoms with Gasteiger partial charge in [0.15, 0.2) is 0 Å². The smallest absolute Gasteiger partial charge is 0.258 e. The number of aromatic amines is 1. The number of benzene rings is 1. The topological polar surface area (TPSA) is 81.0 Å². The number of H-pyrrole nitrogens is 1. The van der Waals surface area contributed by atoms with Gasteiger partial charge < -0.3 is 15.5 Å². The molecule has 0 spiro atoms. The van der Waals surface area contributed by atoms with Crippen LogP contribution in [0.15, 0.2) is 40.8 Å². The summed E-state index contributed by atoms with van der Waals surface area (Å²) in [6, 6.07) is 7.38. The quantitative estimate of drug-likeness (QED) is 0.721. The van der Waals surface area contributed by atoms with Crippen molar-refractivity contribution in [2.24, 2.45) is 0 Å². The van der Waals surface area contributed by atoms with E-state index in [1.165, 1.54) is 11.2 Å². The first-order chi connectivity index (χ1) is 9.74. The van der Waals surface area contributed by atoms with E-state index in [1.807, 2.05) is 11.4 Å². The molecule has 102 valence electrons. The van der Waals surface area contributed by atoms with E-state index < -0.39 is 0 Å². The van der Waals surface area contributed by atoms with Gasteiger partial charge in [0.2, 0.25) is 0 Å². The van der Waals surface area contributed by atoms with Crippen LogP contribution in [0.4, 0.5) is 5.69 Å².